The minimum absolute atomic E-state index is 0.0262. The molecule has 1 N–H and O–H groups in total. The molecular weight excluding hydrogens is 168 g/mol. The molecule has 0 bridgehead atoms. The summed E-state index contributed by atoms with van der Waals surface area (Å²) in [4.78, 5) is 13.5. The molecule has 0 radical (unpaired) electrons. The predicted molar refractivity (Wildman–Crippen MR) is 48.1 cm³/mol. The topological polar surface area (TPSA) is 41.6 Å². The SMILES string of the molecule is CO[C@@]1(C)C[C@H]1N1CNC(C)C1=O. The van der Waals surface area contributed by atoms with Gasteiger partial charge in [-0.25, -0.2) is 0 Å². The largest absolute Gasteiger partial charge is 0.376 e. The molecule has 1 aliphatic heterocycles. The Balaban J connectivity index is 2.01. The van der Waals surface area contributed by atoms with Gasteiger partial charge in [0.05, 0.1) is 24.4 Å². The first-order chi connectivity index (χ1) is 6.08. The van der Waals surface area contributed by atoms with Crippen LogP contribution in [0.15, 0.2) is 0 Å². The second kappa shape index (κ2) is 2.69. The molecule has 13 heavy (non-hydrogen) atoms. The van der Waals surface area contributed by atoms with Gasteiger partial charge >= 0.3 is 0 Å². The molecule has 4 heteroatoms. The van der Waals surface area contributed by atoms with Gasteiger partial charge in [0.15, 0.2) is 0 Å². The standard InChI is InChI=1S/C9H16N2O2/c1-6-8(12)11(5-10-6)7-4-9(7,2)13-3/h6-7,10H,4-5H2,1-3H3/t6?,7-,9+/m1/s1. The third-order valence-corrected chi connectivity index (χ3v) is 3.21. The van der Waals surface area contributed by atoms with Gasteiger partial charge in [-0.2, -0.15) is 0 Å². The minimum atomic E-state index is -0.0958. The third kappa shape index (κ3) is 1.25. The molecule has 4 nitrogen and oxygen atoms in total. The summed E-state index contributed by atoms with van der Waals surface area (Å²) in [6.07, 6.45) is 0.962. The van der Waals surface area contributed by atoms with Gasteiger partial charge in [-0.15, -0.1) is 0 Å². The molecule has 2 fully saturated rings. The second-order valence-electron chi connectivity index (χ2n) is 4.13. The quantitative estimate of drug-likeness (QED) is 0.654. The fourth-order valence-corrected chi connectivity index (χ4v) is 1.90. The van der Waals surface area contributed by atoms with E-state index in [1.807, 2.05) is 18.7 Å². The van der Waals surface area contributed by atoms with Gasteiger partial charge in [-0.1, -0.05) is 0 Å². The lowest BCUT2D eigenvalue weighted by atomic mass is 10.3. The van der Waals surface area contributed by atoms with E-state index in [0.717, 1.165) is 6.42 Å². The number of hydrogen-bond acceptors (Lipinski definition) is 3. The lowest BCUT2D eigenvalue weighted by Crippen LogP contribution is -2.35. The summed E-state index contributed by atoms with van der Waals surface area (Å²) in [6, 6.07) is 0.254. The average molecular weight is 184 g/mol. The molecule has 0 aromatic heterocycles. The first-order valence-corrected chi connectivity index (χ1v) is 4.67. The van der Waals surface area contributed by atoms with Crippen LogP contribution in [0.5, 0.6) is 0 Å². The third-order valence-electron chi connectivity index (χ3n) is 3.21. The van der Waals surface area contributed by atoms with Gasteiger partial charge in [-0.05, 0) is 13.8 Å². The van der Waals surface area contributed by atoms with Crippen molar-refractivity contribution in [2.45, 2.75) is 38.0 Å². The van der Waals surface area contributed by atoms with Gasteiger partial charge < -0.3 is 9.64 Å². The van der Waals surface area contributed by atoms with E-state index in [1.165, 1.54) is 0 Å². The zero-order valence-corrected chi connectivity index (χ0v) is 8.33. The van der Waals surface area contributed by atoms with Gasteiger partial charge in [0, 0.05) is 13.5 Å². The second-order valence-corrected chi connectivity index (χ2v) is 4.13. The summed E-state index contributed by atoms with van der Waals surface area (Å²) in [7, 11) is 1.71. The number of rotatable bonds is 2. The monoisotopic (exact) mass is 184 g/mol. The summed E-state index contributed by atoms with van der Waals surface area (Å²) in [6.45, 7) is 4.62. The number of carbonyl (C=O) groups is 1. The molecule has 1 saturated carbocycles. The average Bonchev–Trinajstić information content (AvgIpc) is 2.68. The van der Waals surface area contributed by atoms with Crippen LogP contribution in [0.3, 0.4) is 0 Å². The van der Waals surface area contributed by atoms with E-state index >= 15 is 0 Å². The summed E-state index contributed by atoms with van der Waals surface area (Å²) in [5.74, 6) is 0.200. The highest BCUT2D eigenvalue weighted by molar-refractivity contribution is 5.84. The Hall–Kier alpha value is -0.610. The molecule has 2 aliphatic rings. The van der Waals surface area contributed by atoms with E-state index in [9.17, 15) is 4.79 Å². The van der Waals surface area contributed by atoms with Crippen LogP contribution in [0.4, 0.5) is 0 Å². The summed E-state index contributed by atoms with van der Waals surface area (Å²) in [5.41, 5.74) is -0.0958. The normalized spacial score (nSPS) is 44.2. The highest BCUT2D eigenvalue weighted by Crippen LogP contribution is 2.43. The first kappa shape index (κ1) is 8.97. The van der Waals surface area contributed by atoms with E-state index < -0.39 is 0 Å². The first-order valence-electron chi connectivity index (χ1n) is 4.67. The smallest absolute Gasteiger partial charge is 0.240 e. The van der Waals surface area contributed by atoms with Crippen molar-refractivity contribution < 1.29 is 9.53 Å². The number of nitrogens with zero attached hydrogens (tertiary/aromatic N) is 1. The van der Waals surface area contributed by atoms with Crippen molar-refractivity contribution in [1.29, 1.82) is 0 Å². The van der Waals surface area contributed by atoms with Gasteiger partial charge in [0.25, 0.3) is 0 Å². The lowest BCUT2D eigenvalue weighted by Gasteiger charge is -2.18. The number of hydrogen-bond donors (Lipinski definition) is 1. The molecule has 1 heterocycles. The Morgan fingerprint density at radius 2 is 2.38 bits per heavy atom. The molecule has 0 spiro atoms. The van der Waals surface area contributed by atoms with Gasteiger partial charge in [-0.3, -0.25) is 10.1 Å². The van der Waals surface area contributed by atoms with Crippen LogP contribution in [0.2, 0.25) is 0 Å². The molecule has 1 saturated heterocycles. The summed E-state index contributed by atoms with van der Waals surface area (Å²) in [5, 5.41) is 3.12. The van der Waals surface area contributed by atoms with E-state index in [1.54, 1.807) is 7.11 Å². The summed E-state index contributed by atoms with van der Waals surface area (Å²) >= 11 is 0. The van der Waals surface area contributed by atoms with Crippen molar-refractivity contribution in [3.8, 4) is 0 Å². The van der Waals surface area contributed by atoms with Crippen molar-refractivity contribution in [2.24, 2.45) is 0 Å². The number of carbonyl (C=O) groups excluding carboxylic acids is 1. The number of nitrogens with one attached hydrogen (secondary N) is 1. The molecule has 0 aromatic carbocycles. The molecule has 74 valence electrons. The fraction of sp³-hybridized carbons (Fsp3) is 0.889. The van der Waals surface area contributed by atoms with E-state index in [0.29, 0.717) is 6.67 Å². The van der Waals surface area contributed by atoms with Crippen molar-refractivity contribution in [2.75, 3.05) is 13.8 Å². The Kier molecular flexibility index (Phi) is 1.85. The van der Waals surface area contributed by atoms with Crippen LogP contribution in [0.25, 0.3) is 0 Å². The maximum absolute atomic E-state index is 11.6. The van der Waals surface area contributed by atoms with Crippen molar-refractivity contribution >= 4 is 5.91 Å². The Morgan fingerprint density at radius 3 is 2.77 bits per heavy atom. The van der Waals surface area contributed by atoms with E-state index in [2.05, 4.69) is 5.32 Å². The van der Waals surface area contributed by atoms with Crippen LogP contribution in [0, 0.1) is 0 Å². The zero-order valence-electron chi connectivity index (χ0n) is 8.33. The van der Waals surface area contributed by atoms with Crippen molar-refractivity contribution in [1.82, 2.24) is 10.2 Å². The molecule has 3 atom stereocenters. The van der Waals surface area contributed by atoms with Crippen LogP contribution in [0.1, 0.15) is 20.3 Å². The number of ether oxygens (including phenoxy) is 1. The van der Waals surface area contributed by atoms with Crippen LogP contribution >= 0.6 is 0 Å². The Labute approximate surface area is 78.2 Å². The van der Waals surface area contributed by atoms with E-state index in [-0.39, 0.29) is 23.6 Å². The predicted octanol–water partition coefficient (Wildman–Crippen LogP) is -0.0584. The Morgan fingerprint density at radius 1 is 1.69 bits per heavy atom. The van der Waals surface area contributed by atoms with Gasteiger partial charge in [0.1, 0.15) is 0 Å². The van der Waals surface area contributed by atoms with Crippen molar-refractivity contribution in [3.63, 3.8) is 0 Å². The van der Waals surface area contributed by atoms with E-state index in [4.69, 9.17) is 4.74 Å². The Bertz CT molecular complexity index is 244. The van der Waals surface area contributed by atoms with Gasteiger partial charge in [0.2, 0.25) is 5.91 Å². The highest BCUT2D eigenvalue weighted by atomic mass is 16.5. The van der Waals surface area contributed by atoms with Crippen LogP contribution < -0.4 is 5.32 Å². The number of amides is 1. The highest BCUT2D eigenvalue weighted by Gasteiger charge is 2.57. The maximum atomic E-state index is 11.6. The zero-order chi connectivity index (χ0) is 9.64. The minimum Gasteiger partial charge on any atom is -0.376 e. The van der Waals surface area contributed by atoms with Crippen LogP contribution in [-0.4, -0.2) is 42.3 Å². The molecule has 0 aromatic rings. The van der Waals surface area contributed by atoms with Crippen LogP contribution in [-0.2, 0) is 9.53 Å². The summed E-state index contributed by atoms with van der Waals surface area (Å²) < 4.78 is 5.34. The molecule has 2 rings (SSSR count). The molecular formula is C9H16N2O2. The molecule has 1 amide bonds. The maximum Gasteiger partial charge on any atom is 0.240 e. The molecule has 1 unspecified atom stereocenters. The fourth-order valence-electron chi connectivity index (χ4n) is 1.90. The lowest BCUT2D eigenvalue weighted by molar-refractivity contribution is -0.130. The molecule has 1 aliphatic carbocycles. The van der Waals surface area contributed by atoms with Crippen molar-refractivity contribution in [3.05, 3.63) is 0 Å². The number of methoxy groups -OCH3 is 1.